The highest BCUT2D eigenvalue weighted by atomic mass is 35.5. The lowest BCUT2D eigenvalue weighted by atomic mass is 10.1. The van der Waals surface area contributed by atoms with Crippen LogP contribution in [0.25, 0.3) is 0 Å². The number of halogens is 1. The molecule has 0 saturated heterocycles. The van der Waals surface area contributed by atoms with E-state index in [1.165, 1.54) is 11.8 Å². The van der Waals surface area contributed by atoms with Gasteiger partial charge in [-0.1, -0.05) is 65.8 Å². The maximum atomic E-state index is 12.4. The van der Waals surface area contributed by atoms with Gasteiger partial charge in [0.2, 0.25) is 0 Å². The maximum Gasteiger partial charge on any atom is 0.255 e. The van der Waals surface area contributed by atoms with Crippen molar-refractivity contribution in [3.05, 3.63) is 92.4 Å². The van der Waals surface area contributed by atoms with Gasteiger partial charge in [0.25, 0.3) is 5.56 Å². The molecule has 1 N–H and O–H groups in total. The zero-order valence-corrected chi connectivity index (χ0v) is 14.8. The number of hydrogen-bond donors (Lipinski definition) is 1. The zero-order valence-electron chi connectivity index (χ0n) is 13.3. The minimum absolute atomic E-state index is 0.0649. The summed E-state index contributed by atoms with van der Waals surface area (Å²) in [5.74, 6) is 0.734. The Hall–Kier alpha value is -2.04. The molecule has 0 amide bonds. The quantitative estimate of drug-likeness (QED) is 0.536. The average molecular weight is 357 g/mol. The van der Waals surface area contributed by atoms with E-state index in [4.69, 9.17) is 11.6 Å². The van der Waals surface area contributed by atoms with Gasteiger partial charge in [-0.15, -0.1) is 0 Å². The summed E-state index contributed by atoms with van der Waals surface area (Å²) >= 11 is 7.40. The first-order chi connectivity index (χ1) is 11.6. The van der Waals surface area contributed by atoms with E-state index in [0.717, 1.165) is 33.2 Å². The third kappa shape index (κ3) is 4.28. The van der Waals surface area contributed by atoms with Gasteiger partial charge in [0.15, 0.2) is 5.16 Å². The van der Waals surface area contributed by atoms with Crippen LogP contribution in [0.1, 0.15) is 22.4 Å². The molecule has 0 unspecified atom stereocenters. The molecule has 0 bridgehead atoms. The van der Waals surface area contributed by atoms with Crippen molar-refractivity contribution >= 4 is 23.4 Å². The van der Waals surface area contributed by atoms with Crippen molar-refractivity contribution in [2.45, 2.75) is 24.3 Å². The molecular formula is C19H17ClN2OS. The standard InChI is InChI=1S/C19H17ClN2OS/c1-13-17(11-14-5-3-2-4-6-14)18(23)22-19(21-13)24-12-15-7-9-16(20)10-8-15/h2-10H,11-12H2,1H3,(H,21,22,23). The summed E-state index contributed by atoms with van der Waals surface area (Å²) in [5.41, 5.74) is 3.68. The Labute approximate surface area is 150 Å². The second-order valence-corrected chi connectivity index (χ2v) is 6.91. The van der Waals surface area contributed by atoms with E-state index in [1.807, 2.05) is 61.5 Å². The Kier molecular flexibility index (Phi) is 5.38. The molecule has 2 aromatic carbocycles. The van der Waals surface area contributed by atoms with Gasteiger partial charge in [-0.25, -0.2) is 4.98 Å². The third-order valence-electron chi connectivity index (χ3n) is 3.71. The first-order valence-electron chi connectivity index (χ1n) is 7.63. The number of H-pyrrole nitrogens is 1. The molecule has 1 heterocycles. The Morgan fingerprint density at radius 2 is 1.75 bits per heavy atom. The minimum Gasteiger partial charge on any atom is -0.301 e. The highest BCUT2D eigenvalue weighted by molar-refractivity contribution is 7.98. The molecule has 1 aromatic heterocycles. The number of aromatic amines is 1. The average Bonchev–Trinajstić information content (AvgIpc) is 2.58. The second-order valence-electron chi connectivity index (χ2n) is 5.51. The number of nitrogens with zero attached hydrogens (tertiary/aromatic N) is 1. The molecule has 3 nitrogen and oxygen atoms in total. The summed E-state index contributed by atoms with van der Waals surface area (Å²) in [6.45, 7) is 1.89. The molecule has 0 aliphatic carbocycles. The number of thioether (sulfide) groups is 1. The molecule has 0 aliphatic rings. The van der Waals surface area contributed by atoms with E-state index < -0.39 is 0 Å². The van der Waals surface area contributed by atoms with Gasteiger partial charge in [0, 0.05) is 28.5 Å². The number of nitrogens with one attached hydrogen (secondary N) is 1. The number of rotatable bonds is 5. The first kappa shape index (κ1) is 16.8. The Bertz CT molecular complexity index is 876. The summed E-state index contributed by atoms with van der Waals surface area (Å²) in [6.07, 6.45) is 0.594. The van der Waals surface area contributed by atoms with Crippen molar-refractivity contribution in [2.75, 3.05) is 0 Å². The predicted molar refractivity (Wildman–Crippen MR) is 99.9 cm³/mol. The number of benzene rings is 2. The molecule has 3 aromatic rings. The summed E-state index contributed by atoms with van der Waals surface area (Å²) < 4.78 is 0. The largest absolute Gasteiger partial charge is 0.301 e. The summed E-state index contributed by atoms with van der Waals surface area (Å²) in [4.78, 5) is 19.8. The van der Waals surface area contributed by atoms with Gasteiger partial charge in [0.1, 0.15) is 0 Å². The molecule has 24 heavy (non-hydrogen) atoms. The van der Waals surface area contributed by atoms with Crippen LogP contribution in [-0.2, 0) is 12.2 Å². The van der Waals surface area contributed by atoms with Crippen LogP contribution in [0.4, 0.5) is 0 Å². The van der Waals surface area contributed by atoms with Crippen LogP contribution in [0, 0.1) is 6.92 Å². The molecule has 3 rings (SSSR count). The Morgan fingerprint density at radius 1 is 1.04 bits per heavy atom. The third-order valence-corrected chi connectivity index (χ3v) is 4.91. The van der Waals surface area contributed by atoms with E-state index >= 15 is 0 Å². The number of aromatic nitrogens is 2. The van der Waals surface area contributed by atoms with Crippen LogP contribution in [-0.4, -0.2) is 9.97 Å². The Morgan fingerprint density at radius 3 is 2.42 bits per heavy atom. The SMILES string of the molecule is Cc1nc(SCc2ccc(Cl)cc2)[nH]c(=O)c1Cc1ccccc1. The highest BCUT2D eigenvalue weighted by Gasteiger charge is 2.09. The van der Waals surface area contributed by atoms with Gasteiger partial charge >= 0.3 is 0 Å². The smallest absolute Gasteiger partial charge is 0.255 e. The molecule has 0 spiro atoms. The summed E-state index contributed by atoms with van der Waals surface area (Å²) in [7, 11) is 0. The second kappa shape index (κ2) is 7.69. The zero-order chi connectivity index (χ0) is 16.9. The summed E-state index contributed by atoms with van der Waals surface area (Å²) in [6, 6.07) is 17.6. The van der Waals surface area contributed by atoms with Crippen LogP contribution < -0.4 is 5.56 Å². The molecule has 0 fully saturated rings. The van der Waals surface area contributed by atoms with Crippen molar-refractivity contribution in [1.82, 2.24) is 9.97 Å². The van der Waals surface area contributed by atoms with Crippen LogP contribution in [0.5, 0.6) is 0 Å². The lowest BCUT2D eigenvalue weighted by Gasteiger charge is -2.07. The van der Waals surface area contributed by atoms with Gasteiger partial charge in [-0.05, 0) is 30.2 Å². The van der Waals surface area contributed by atoms with E-state index in [0.29, 0.717) is 11.6 Å². The van der Waals surface area contributed by atoms with Crippen LogP contribution in [0.2, 0.25) is 5.02 Å². The van der Waals surface area contributed by atoms with E-state index in [2.05, 4.69) is 9.97 Å². The molecule has 0 atom stereocenters. The lowest BCUT2D eigenvalue weighted by molar-refractivity contribution is 0.866. The minimum atomic E-state index is -0.0649. The normalized spacial score (nSPS) is 10.8. The van der Waals surface area contributed by atoms with Crippen molar-refractivity contribution in [3.63, 3.8) is 0 Å². The molecule has 5 heteroatoms. The van der Waals surface area contributed by atoms with E-state index in [9.17, 15) is 4.79 Å². The van der Waals surface area contributed by atoms with E-state index in [-0.39, 0.29) is 5.56 Å². The topological polar surface area (TPSA) is 45.8 Å². The van der Waals surface area contributed by atoms with Crippen molar-refractivity contribution in [3.8, 4) is 0 Å². The van der Waals surface area contributed by atoms with E-state index in [1.54, 1.807) is 0 Å². The van der Waals surface area contributed by atoms with Crippen LogP contribution >= 0.6 is 23.4 Å². The fraction of sp³-hybridized carbons (Fsp3) is 0.158. The van der Waals surface area contributed by atoms with Gasteiger partial charge in [-0.2, -0.15) is 0 Å². The van der Waals surface area contributed by atoms with Crippen molar-refractivity contribution in [1.29, 1.82) is 0 Å². The van der Waals surface area contributed by atoms with Gasteiger partial charge < -0.3 is 4.98 Å². The first-order valence-corrected chi connectivity index (χ1v) is 8.99. The Balaban J connectivity index is 1.74. The molecular weight excluding hydrogens is 340 g/mol. The monoisotopic (exact) mass is 356 g/mol. The number of aryl methyl sites for hydroxylation is 1. The number of hydrogen-bond acceptors (Lipinski definition) is 3. The molecule has 0 radical (unpaired) electrons. The van der Waals surface area contributed by atoms with Crippen LogP contribution in [0.15, 0.2) is 64.5 Å². The van der Waals surface area contributed by atoms with Crippen molar-refractivity contribution in [2.24, 2.45) is 0 Å². The molecule has 0 aliphatic heterocycles. The van der Waals surface area contributed by atoms with Crippen LogP contribution in [0.3, 0.4) is 0 Å². The van der Waals surface area contributed by atoms with Crippen molar-refractivity contribution < 1.29 is 0 Å². The predicted octanol–water partition coefficient (Wildman–Crippen LogP) is 4.61. The fourth-order valence-corrected chi connectivity index (χ4v) is 3.38. The van der Waals surface area contributed by atoms with Gasteiger partial charge in [0.05, 0.1) is 0 Å². The lowest BCUT2D eigenvalue weighted by Crippen LogP contribution is -2.17. The highest BCUT2D eigenvalue weighted by Crippen LogP contribution is 2.20. The fourth-order valence-electron chi connectivity index (χ4n) is 2.39. The molecule has 122 valence electrons. The summed E-state index contributed by atoms with van der Waals surface area (Å²) in [5, 5.41) is 1.36. The maximum absolute atomic E-state index is 12.4. The van der Waals surface area contributed by atoms with Gasteiger partial charge in [-0.3, -0.25) is 4.79 Å². The molecule has 0 saturated carbocycles.